The summed E-state index contributed by atoms with van der Waals surface area (Å²) in [7, 11) is 0. The van der Waals surface area contributed by atoms with E-state index in [1.54, 1.807) is 0 Å². The molecule has 0 unspecified atom stereocenters. The average Bonchev–Trinajstić information content (AvgIpc) is 3.08. The first-order valence-corrected chi connectivity index (χ1v) is 9.14. The number of carbonyl (C=O) groups is 3. The number of benzene rings is 2. The lowest BCUT2D eigenvalue weighted by Gasteiger charge is -2.28. The van der Waals surface area contributed by atoms with Crippen molar-refractivity contribution in [3.8, 4) is 0 Å². The van der Waals surface area contributed by atoms with Crippen LogP contribution in [-0.4, -0.2) is 29.3 Å². The molecule has 2 aromatic rings. The van der Waals surface area contributed by atoms with Crippen LogP contribution in [0.2, 0.25) is 0 Å². The maximum atomic E-state index is 13.4. The first kappa shape index (κ1) is 18.8. The molecular formula is C22H23NO4. The fourth-order valence-corrected chi connectivity index (χ4v) is 3.73. The smallest absolute Gasteiger partial charge is 0.417 e. The number of amides is 2. The Morgan fingerprint density at radius 2 is 1.67 bits per heavy atom. The number of hydrogen-bond donors (Lipinski definition) is 0. The van der Waals surface area contributed by atoms with Crippen molar-refractivity contribution in [3.05, 3.63) is 71.8 Å². The minimum atomic E-state index is -0.922. The van der Waals surface area contributed by atoms with E-state index in [1.165, 1.54) is 6.92 Å². The quantitative estimate of drug-likeness (QED) is 0.723. The van der Waals surface area contributed by atoms with Crippen molar-refractivity contribution in [1.29, 1.82) is 0 Å². The molecule has 0 saturated carbocycles. The van der Waals surface area contributed by atoms with Crippen molar-refractivity contribution >= 4 is 17.8 Å². The molecule has 1 aliphatic rings. The molecule has 1 saturated heterocycles. The van der Waals surface area contributed by atoms with Gasteiger partial charge >= 0.3 is 6.09 Å². The average molecular weight is 365 g/mol. The third kappa shape index (κ3) is 3.77. The van der Waals surface area contributed by atoms with Crippen LogP contribution in [0.5, 0.6) is 0 Å². The minimum Gasteiger partial charge on any atom is -0.446 e. The molecule has 5 nitrogen and oxygen atoms in total. The Balaban J connectivity index is 1.96. The zero-order chi connectivity index (χ0) is 19.4. The van der Waals surface area contributed by atoms with Gasteiger partial charge in [-0.25, -0.2) is 9.69 Å². The van der Waals surface area contributed by atoms with Crippen LogP contribution in [0.15, 0.2) is 60.7 Å². The van der Waals surface area contributed by atoms with Gasteiger partial charge in [-0.2, -0.15) is 0 Å². The Hall–Kier alpha value is -2.95. The monoisotopic (exact) mass is 365 g/mol. The number of ether oxygens (including phenoxy) is 1. The zero-order valence-corrected chi connectivity index (χ0v) is 15.5. The Kier molecular flexibility index (Phi) is 5.69. The van der Waals surface area contributed by atoms with Gasteiger partial charge in [-0.15, -0.1) is 0 Å². The van der Waals surface area contributed by atoms with E-state index in [2.05, 4.69) is 0 Å². The van der Waals surface area contributed by atoms with Gasteiger partial charge in [-0.1, -0.05) is 67.6 Å². The van der Waals surface area contributed by atoms with E-state index in [1.807, 2.05) is 67.6 Å². The van der Waals surface area contributed by atoms with Crippen LogP contribution in [0.4, 0.5) is 4.79 Å². The van der Waals surface area contributed by atoms with Crippen LogP contribution >= 0.6 is 0 Å². The molecule has 1 fully saturated rings. The molecule has 5 heteroatoms. The first-order valence-electron chi connectivity index (χ1n) is 9.14. The second-order valence-corrected chi connectivity index (χ2v) is 6.73. The van der Waals surface area contributed by atoms with E-state index >= 15 is 0 Å². The maximum Gasteiger partial charge on any atom is 0.417 e. The van der Waals surface area contributed by atoms with E-state index < -0.39 is 24.0 Å². The number of hydrogen-bond acceptors (Lipinski definition) is 4. The van der Waals surface area contributed by atoms with Crippen molar-refractivity contribution in [2.24, 2.45) is 5.92 Å². The van der Waals surface area contributed by atoms with Crippen LogP contribution in [0.3, 0.4) is 0 Å². The molecule has 3 rings (SSSR count). The van der Waals surface area contributed by atoms with Crippen molar-refractivity contribution < 1.29 is 19.1 Å². The van der Waals surface area contributed by atoms with Gasteiger partial charge in [-0.3, -0.25) is 9.59 Å². The van der Waals surface area contributed by atoms with E-state index in [-0.39, 0.29) is 18.3 Å². The Morgan fingerprint density at radius 1 is 1.07 bits per heavy atom. The molecule has 0 aromatic heterocycles. The fourth-order valence-electron chi connectivity index (χ4n) is 3.73. The van der Waals surface area contributed by atoms with Gasteiger partial charge in [0.2, 0.25) is 5.91 Å². The summed E-state index contributed by atoms with van der Waals surface area (Å²) in [6, 6.07) is 18.2. The van der Waals surface area contributed by atoms with Gasteiger partial charge < -0.3 is 4.74 Å². The second-order valence-electron chi connectivity index (χ2n) is 6.73. The minimum absolute atomic E-state index is 0.0986. The summed E-state index contributed by atoms with van der Waals surface area (Å²) < 4.78 is 5.16. The number of imide groups is 1. The highest BCUT2D eigenvalue weighted by Crippen LogP contribution is 2.35. The predicted octanol–water partition coefficient (Wildman–Crippen LogP) is 4.11. The Bertz CT molecular complexity index is 819. The molecular weight excluding hydrogens is 342 g/mol. The number of cyclic esters (lactones) is 1. The summed E-state index contributed by atoms with van der Waals surface area (Å²) in [5, 5.41) is 0. The standard InChI is InChI=1S/C22H23NO4/c1-3-18(16-10-6-4-7-11-16)20(15(2)24)21(25)23-19(14-27-22(23)26)17-12-8-5-9-13-17/h4-13,18-20H,3,14H2,1-2H3/t18-,19+,20-/m0/s1. The van der Waals surface area contributed by atoms with E-state index in [4.69, 9.17) is 4.74 Å². The number of nitrogens with zero attached hydrogens (tertiary/aromatic N) is 1. The highest BCUT2D eigenvalue weighted by atomic mass is 16.6. The van der Waals surface area contributed by atoms with Crippen LogP contribution in [0, 0.1) is 5.92 Å². The van der Waals surface area contributed by atoms with Crippen molar-refractivity contribution in [1.82, 2.24) is 4.90 Å². The van der Waals surface area contributed by atoms with Crippen LogP contribution in [-0.2, 0) is 14.3 Å². The maximum absolute atomic E-state index is 13.4. The summed E-state index contributed by atoms with van der Waals surface area (Å²) in [4.78, 5) is 39.3. The Labute approximate surface area is 158 Å². The third-order valence-corrected chi connectivity index (χ3v) is 5.07. The molecule has 0 bridgehead atoms. The van der Waals surface area contributed by atoms with Gasteiger partial charge in [0.15, 0.2) is 0 Å². The number of Topliss-reactive ketones (excluding diaryl/α,β-unsaturated/α-hetero) is 1. The lowest BCUT2D eigenvalue weighted by atomic mass is 9.80. The number of ketones is 1. The molecule has 2 aromatic carbocycles. The van der Waals surface area contributed by atoms with E-state index in [9.17, 15) is 14.4 Å². The molecule has 3 atom stereocenters. The second kappa shape index (κ2) is 8.16. The third-order valence-electron chi connectivity index (χ3n) is 5.07. The summed E-state index contributed by atoms with van der Waals surface area (Å²) in [6.07, 6.45) is -0.0816. The summed E-state index contributed by atoms with van der Waals surface area (Å²) in [6.45, 7) is 3.45. The Morgan fingerprint density at radius 3 is 2.22 bits per heavy atom. The first-order chi connectivity index (χ1) is 13.0. The summed E-state index contributed by atoms with van der Waals surface area (Å²) >= 11 is 0. The summed E-state index contributed by atoms with van der Waals surface area (Å²) in [5.74, 6) is -1.95. The van der Waals surface area contributed by atoms with Crippen LogP contribution in [0.1, 0.15) is 43.4 Å². The molecule has 0 aliphatic carbocycles. The molecule has 0 N–H and O–H groups in total. The van der Waals surface area contributed by atoms with Crippen molar-refractivity contribution in [2.75, 3.05) is 6.61 Å². The SMILES string of the molecule is CC[C@@H](c1ccccc1)[C@H](C(C)=O)C(=O)N1C(=O)OC[C@@H]1c1ccccc1. The highest BCUT2D eigenvalue weighted by Gasteiger charge is 2.45. The van der Waals surface area contributed by atoms with Crippen molar-refractivity contribution in [3.63, 3.8) is 0 Å². The summed E-state index contributed by atoms with van der Waals surface area (Å²) in [5.41, 5.74) is 1.73. The topological polar surface area (TPSA) is 63.7 Å². The molecule has 1 heterocycles. The predicted molar refractivity (Wildman–Crippen MR) is 101 cm³/mol. The zero-order valence-electron chi connectivity index (χ0n) is 15.5. The highest BCUT2D eigenvalue weighted by molar-refractivity contribution is 6.06. The number of carbonyl (C=O) groups excluding carboxylic acids is 3. The lowest BCUT2D eigenvalue weighted by molar-refractivity contribution is -0.140. The molecule has 1 aliphatic heterocycles. The van der Waals surface area contributed by atoms with Gasteiger partial charge in [0, 0.05) is 5.92 Å². The molecule has 0 radical (unpaired) electrons. The van der Waals surface area contributed by atoms with E-state index in [0.29, 0.717) is 6.42 Å². The molecule has 27 heavy (non-hydrogen) atoms. The van der Waals surface area contributed by atoms with Crippen LogP contribution < -0.4 is 0 Å². The lowest BCUT2D eigenvalue weighted by Crippen LogP contribution is -2.43. The van der Waals surface area contributed by atoms with E-state index in [0.717, 1.165) is 16.0 Å². The number of rotatable bonds is 6. The van der Waals surface area contributed by atoms with Crippen molar-refractivity contribution in [2.45, 2.75) is 32.2 Å². The van der Waals surface area contributed by atoms with Gasteiger partial charge in [0.05, 0.1) is 0 Å². The fraction of sp³-hybridized carbons (Fsp3) is 0.318. The molecule has 2 amide bonds. The normalized spacial score (nSPS) is 18.7. The van der Waals surface area contributed by atoms with Gasteiger partial charge in [0.25, 0.3) is 0 Å². The molecule has 0 spiro atoms. The van der Waals surface area contributed by atoms with Gasteiger partial charge in [0.1, 0.15) is 24.3 Å². The molecule has 140 valence electrons. The van der Waals surface area contributed by atoms with Gasteiger partial charge in [-0.05, 0) is 24.5 Å². The van der Waals surface area contributed by atoms with Crippen LogP contribution in [0.25, 0.3) is 0 Å². The largest absolute Gasteiger partial charge is 0.446 e.